The average molecular weight is 392 g/mol. The number of carbonyl (C=O) groups excluding carboxylic acids is 1. The Balaban J connectivity index is 1.66. The van der Waals surface area contributed by atoms with Gasteiger partial charge in [0.15, 0.2) is 0 Å². The van der Waals surface area contributed by atoms with Crippen molar-refractivity contribution in [2.75, 3.05) is 5.32 Å². The summed E-state index contributed by atoms with van der Waals surface area (Å²) in [6, 6.07) is 10.5. The van der Waals surface area contributed by atoms with Gasteiger partial charge in [-0.15, -0.1) is 5.10 Å². The van der Waals surface area contributed by atoms with Crippen molar-refractivity contribution < 1.29 is 9.72 Å². The molecule has 2 aromatic carbocycles. The molecule has 1 heterocycles. The Morgan fingerprint density at radius 3 is 2.54 bits per heavy atom. The summed E-state index contributed by atoms with van der Waals surface area (Å²) < 4.78 is 1.53. The number of hydrogen-bond donors (Lipinski definition) is 1. The number of amides is 1. The van der Waals surface area contributed by atoms with Crippen molar-refractivity contribution in [1.29, 1.82) is 0 Å². The molecule has 0 atom stereocenters. The van der Waals surface area contributed by atoms with E-state index in [1.807, 2.05) is 6.07 Å². The van der Waals surface area contributed by atoms with E-state index in [9.17, 15) is 14.9 Å². The first-order chi connectivity index (χ1) is 12.4. The third-order valence-electron chi connectivity index (χ3n) is 3.43. The molecule has 3 aromatic rings. The van der Waals surface area contributed by atoms with Crippen LogP contribution in [0.4, 0.5) is 11.6 Å². The van der Waals surface area contributed by atoms with Crippen molar-refractivity contribution in [3.05, 3.63) is 80.1 Å². The highest BCUT2D eigenvalue weighted by Crippen LogP contribution is 2.23. The molecule has 0 aliphatic carbocycles. The van der Waals surface area contributed by atoms with Gasteiger partial charge in [0.2, 0.25) is 5.95 Å². The summed E-state index contributed by atoms with van der Waals surface area (Å²) in [5.41, 5.74) is 1.04. The van der Waals surface area contributed by atoms with Crippen LogP contribution in [-0.2, 0) is 6.54 Å². The van der Waals surface area contributed by atoms with Crippen LogP contribution in [0.3, 0.4) is 0 Å². The van der Waals surface area contributed by atoms with Crippen LogP contribution in [0.1, 0.15) is 15.9 Å². The van der Waals surface area contributed by atoms with Crippen LogP contribution in [0, 0.1) is 10.1 Å². The summed E-state index contributed by atoms with van der Waals surface area (Å²) >= 11 is 11.9. The maximum absolute atomic E-state index is 12.1. The molecule has 0 bridgehead atoms. The molecule has 26 heavy (non-hydrogen) atoms. The predicted octanol–water partition coefficient (Wildman–Crippen LogP) is 3.79. The van der Waals surface area contributed by atoms with E-state index in [1.165, 1.54) is 35.3 Å². The molecule has 1 amide bonds. The van der Waals surface area contributed by atoms with Gasteiger partial charge < -0.3 is 0 Å². The molecule has 0 fully saturated rings. The molecule has 0 radical (unpaired) electrons. The molecule has 0 saturated carbocycles. The molecule has 10 heteroatoms. The predicted molar refractivity (Wildman–Crippen MR) is 96.6 cm³/mol. The smallest absolute Gasteiger partial charge is 0.269 e. The zero-order valence-corrected chi connectivity index (χ0v) is 14.6. The van der Waals surface area contributed by atoms with E-state index < -0.39 is 10.8 Å². The number of anilines is 1. The number of aromatic nitrogens is 3. The van der Waals surface area contributed by atoms with Gasteiger partial charge in [-0.3, -0.25) is 20.2 Å². The van der Waals surface area contributed by atoms with Crippen LogP contribution in [0.2, 0.25) is 10.0 Å². The van der Waals surface area contributed by atoms with Gasteiger partial charge in [0.05, 0.1) is 21.5 Å². The van der Waals surface area contributed by atoms with Gasteiger partial charge in [0.25, 0.3) is 11.6 Å². The van der Waals surface area contributed by atoms with Crippen molar-refractivity contribution in [3.8, 4) is 0 Å². The number of benzene rings is 2. The molecular weight excluding hydrogens is 381 g/mol. The molecule has 0 aliphatic rings. The highest BCUT2D eigenvalue weighted by atomic mass is 35.5. The second kappa shape index (κ2) is 7.51. The Morgan fingerprint density at radius 1 is 1.15 bits per heavy atom. The number of hydrogen-bond acceptors (Lipinski definition) is 5. The Hall–Kier alpha value is -2.97. The molecule has 8 nitrogen and oxygen atoms in total. The number of carbonyl (C=O) groups is 1. The second-order valence-electron chi connectivity index (χ2n) is 5.27. The zero-order chi connectivity index (χ0) is 18.7. The molecular formula is C16H11Cl2N5O3. The highest BCUT2D eigenvalue weighted by Gasteiger charge is 2.12. The minimum atomic E-state index is -0.534. The number of nitrogens with one attached hydrogen (secondary N) is 1. The van der Waals surface area contributed by atoms with Crippen molar-refractivity contribution in [2.24, 2.45) is 0 Å². The van der Waals surface area contributed by atoms with Crippen LogP contribution >= 0.6 is 23.2 Å². The summed E-state index contributed by atoms with van der Waals surface area (Å²) in [6.45, 7) is 0.400. The Morgan fingerprint density at radius 2 is 1.88 bits per heavy atom. The third kappa shape index (κ3) is 4.16. The van der Waals surface area contributed by atoms with E-state index in [0.717, 1.165) is 5.56 Å². The lowest BCUT2D eigenvalue weighted by Crippen LogP contribution is -2.13. The first-order valence-electron chi connectivity index (χ1n) is 7.31. The lowest BCUT2D eigenvalue weighted by atomic mass is 10.2. The highest BCUT2D eigenvalue weighted by molar-refractivity contribution is 6.42. The van der Waals surface area contributed by atoms with Crippen molar-refractivity contribution in [1.82, 2.24) is 14.8 Å². The number of nitrogens with zero attached hydrogens (tertiary/aromatic N) is 4. The summed E-state index contributed by atoms with van der Waals surface area (Å²) in [7, 11) is 0. The van der Waals surface area contributed by atoms with Crippen LogP contribution < -0.4 is 5.32 Å². The van der Waals surface area contributed by atoms with Crippen molar-refractivity contribution >= 4 is 40.7 Å². The summed E-state index contributed by atoms with van der Waals surface area (Å²) in [5.74, 6) is -0.347. The van der Waals surface area contributed by atoms with Crippen LogP contribution in [0.15, 0.2) is 48.8 Å². The van der Waals surface area contributed by atoms with Gasteiger partial charge in [0.1, 0.15) is 6.33 Å². The number of rotatable bonds is 5. The van der Waals surface area contributed by atoms with Gasteiger partial charge in [-0.2, -0.15) is 0 Å². The summed E-state index contributed by atoms with van der Waals surface area (Å²) in [4.78, 5) is 26.3. The van der Waals surface area contributed by atoms with Crippen molar-refractivity contribution in [2.45, 2.75) is 6.54 Å². The Bertz CT molecular complexity index is 972. The largest absolute Gasteiger partial charge is 0.289 e. The van der Waals surface area contributed by atoms with Gasteiger partial charge in [-0.1, -0.05) is 29.3 Å². The maximum Gasteiger partial charge on any atom is 0.269 e. The van der Waals surface area contributed by atoms with E-state index in [4.69, 9.17) is 23.2 Å². The SMILES string of the molecule is O=C(Nc1ncn(Cc2ccc(Cl)c(Cl)c2)n1)c1ccc([N+](=O)[O-])cc1. The van der Waals surface area contributed by atoms with Crippen LogP contribution in [0.5, 0.6) is 0 Å². The van der Waals surface area contributed by atoms with Crippen molar-refractivity contribution in [3.63, 3.8) is 0 Å². The van der Waals surface area contributed by atoms with Gasteiger partial charge in [-0.25, -0.2) is 9.67 Å². The molecule has 132 valence electrons. The maximum atomic E-state index is 12.1. The Kier molecular flexibility index (Phi) is 5.15. The van der Waals surface area contributed by atoms with Crippen LogP contribution in [-0.4, -0.2) is 25.6 Å². The molecule has 3 rings (SSSR count). The lowest BCUT2D eigenvalue weighted by Gasteiger charge is -2.03. The molecule has 0 saturated heterocycles. The number of halogens is 2. The minimum absolute atomic E-state index is 0.0921. The van der Waals surface area contributed by atoms with E-state index in [0.29, 0.717) is 16.6 Å². The topological polar surface area (TPSA) is 103 Å². The first-order valence-corrected chi connectivity index (χ1v) is 8.07. The van der Waals surface area contributed by atoms with Gasteiger partial charge >= 0.3 is 0 Å². The summed E-state index contributed by atoms with van der Waals surface area (Å²) in [5, 5.41) is 18.2. The standard InChI is InChI=1S/C16H11Cl2N5O3/c17-13-6-1-10(7-14(13)18)8-22-9-19-16(21-22)20-15(24)11-2-4-12(5-3-11)23(25)26/h1-7,9H,8H2,(H,20,21,24). The fraction of sp³-hybridized carbons (Fsp3) is 0.0625. The van der Waals surface area contributed by atoms with Gasteiger partial charge in [-0.05, 0) is 29.8 Å². The van der Waals surface area contributed by atoms with E-state index >= 15 is 0 Å². The quantitative estimate of drug-likeness (QED) is 0.526. The zero-order valence-electron chi connectivity index (χ0n) is 13.1. The van der Waals surface area contributed by atoms with E-state index in [-0.39, 0.29) is 17.2 Å². The normalized spacial score (nSPS) is 10.5. The first kappa shape index (κ1) is 17.8. The molecule has 0 spiro atoms. The summed E-state index contributed by atoms with van der Waals surface area (Å²) in [6.07, 6.45) is 1.47. The van der Waals surface area contributed by atoms with Crippen LogP contribution in [0.25, 0.3) is 0 Å². The molecule has 0 aliphatic heterocycles. The Labute approximate surface area is 157 Å². The van der Waals surface area contributed by atoms with E-state index in [1.54, 1.807) is 12.1 Å². The third-order valence-corrected chi connectivity index (χ3v) is 4.17. The second-order valence-corrected chi connectivity index (χ2v) is 6.09. The number of nitro benzene ring substituents is 1. The lowest BCUT2D eigenvalue weighted by molar-refractivity contribution is -0.384. The number of non-ortho nitro benzene ring substituents is 1. The minimum Gasteiger partial charge on any atom is -0.289 e. The fourth-order valence-electron chi connectivity index (χ4n) is 2.16. The molecule has 0 unspecified atom stereocenters. The van der Waals surface area contributed by atoms with Gasteiger partial charge in [0, 0.05) is 17.7 Å². The molecule has 1 aromatic heterocycles. The van der Waals surface area contributed by atoms with E-state index in [2.05, 4.69) is 15.4 Å². The monoisotopic (exact) mass is 391 g/mol. The average Bonchev–Trinajstić information content (AvgIpc) is 3.05. The fourth-order valence-corrected chi connectivity index (χ4v) is 2.48. The molecule has 1 N–H and O–H groups in total. The number of nitro groups is 1.